The molecule has 6 heteroatoms. The Labute approximate surface area is 165 Å². The lowest BCUT2D eigenvalue weighted by atomic mass is 10.1. The number of ether oxygens (including phenoxy) is 1. The number of rotatable bonds is 11. The van der Waals surface area contributed by atoms with Gasteiger partial charge in [0.25, 0.3) is 5.91 Å². The summed E-state index contributed by atoms with van der Waals surface area (Å²) < 4.78 is 5.92. The molecular weight excluding hydrogens is 356 g/mol. The molecule has 0 fully saturated rings. The zero-order valence-electron chi connectivity index (χ0n) is 16.2. The molecule has 0 spiro atoms. The Morgan fingerprint density at radius 2 is 1.71 bits per heavy atom. The molecule has 0 saturated carbocycles. The van der Waals surface area contributed by atoms with E-state index in [0.717, 1.165) is 24.1 Å². The summed E-state index contributed by atoms with van der Waals surface area (Å²) in [5.41, 5.74) is 4.55. The van der Waals surface area contributed by atoms with Crippen LogP contribution < -0.4 is 10.8 Å². The number of carbonyl (C=O) groups excluding carboxylic acids is 2. The van der Waals surface area contributed by atoms with Crippen molar-refractivity contribution in [3.8, 4) is 0 Å². The van der Waals surface area contributed by atoms with Crippen molar-refractivity contribution < 1.29 is 19.5 Å². The summed E-state index contributed by atoms with van der Waals surface area (Å²) in [7, 11) is 0. The zero-order valence-corrected chi connectivity index (χ0v) is 16.2. The number of anilines is 1. The predicted octanol–water partition coefficient (Wildman–Crippen LogP) is 3.97. The van der Waals surface area contributed by atoms with Gasteiger partial charge < -0.3 is 10.1 Å². The molecule has 150 valence electrons. The summed E-state index contributed by atoms with van der Waals surface area (Å²) >= 11 is 0. The van der Waals surface area contributed by atoms with Crippen molar-refractivity contribution in [3.05, 3.63) is 65.7 Å². The summed E-state index contributed by atoms with van der Waals surface area (Å²) in [6.45, 7) is 2.39. The molecule has 1 unspecified atom stereocenters. The maximum absolute atomic E-state index is 12.7. The van der Waals surface area contributed by atoms with Crippen molar-refractivity contribution >= 4 is 17.5 Å². The fourth-order valence-electron chi connectivity index (χ4n) is 2.76. The van der Waals surface area contributed by atoms with Crippen LogP contribution in [-0.4, -0.2) is 23.1 Å². The van der Waals surface area contributed by atoms with Crippen LogP contribution in [0.1, 0.15) is 43.2 Å². The highest BCUT2D eigenvalue weighted by molar-refractivity contribution is 5.94. The van der Waals surface area contributed by atoms with E-state index >= 15 is 0 Å². The van der Waals surface area contributed by atoms with Gasteiger partial charge in [0.2, 0.25) is 5.91 Å². The summed E-state index contributed by atoms with van der Waals surface area (Å²) in [6.07, 6.45) is 2.42. The molecule has 0 saturated heterocycles. The lowest BCUT2D eigenvalue weighted by molar-refractivity contribution is -0.130. The topological polar surface area (TPSA) is 87.7 Å². The standard InChI is InChI=1S/C22H28N2O4/c1-17-12-14-18(15-13-17)16-28-20(10-6-3-7-11-21(25)24-27)22(26)23-19-8-4-2-5-9-19/h2,4-5,8-9,12-15,20,27H,3,6-7,10-11,16H2,1H3,(H,23,26)(H,24,25). The Morgan fingerprint density at radius 1 is 1.00 bits per heavy atom. The Hall–Kier alpha value is -2.70. The molecule has 2 rings (SSSR count). The van der Waals surface area contributed by atoms with Crippen LogP contribution in [-0.2, 0) is 20.9 Å². The van der Waals surface area contributed by atoms with Gasteiger partial charge in [0, 0.05) is 12.1 Å². The van der Waals surface area contributed by atoms with Crippen LogP contribution in [0.5, 0.6) is 0 Å². The van der Waals surface area contributed by atoms with Gasteiger partial charge in [0.05, 0.1) is 6.61 Å². The summed E-state index contributed by atoms with van der Waals surface area (Å²) in [5.74, 6) is -0.569. The van der Waals surface area contributed by atoms with Crippen LogP contribution in [0.2, 0.25) is 0 Å². The number of unbranched alkanes of at least 4 members (excludes halogenated alkanes) is 2. The minimum Gasteiger partial charge on any atom is -0.364 e. The van der Waals surface area contributed by atoms with E-state index in [0.29, 0.717) is 19.4 Å². The third-order valence-corrected chi connectivity index (χ3v) is 4.40. The number of hydrogen-bond acceptors (Lipinski definition) is 4. The highest BCUT2D eigenvalue weighted by Gasteiger charge is 2.19. The van der Waals surface area contributed by atoms with Gasteiger partial charge in [-0.15, -0.1) is 0 Å². The van der Waals surface area contributed by atoms with Gasteiger partial charge in [-0.25, -0.2) is 5.48 Å². The molecule has 0 heterocycles. The Morgan fingerprint density at radius 3 is 2.39 bits per heavy atom. The number of amides is 2. The molecule has 2 amide bonds. The molecule has 1 atom stereocenters. The molecule has 0 bridgehead atoms. The van der Waals surface area contributed by atoms with E-state index in [-0.39, 0.29) is 12.3 Å². The van der Waals surface area contributed by atoms with Crippen molar-refractivity contribution in [3.63, 3.8) is 0 Å². The third kappa shape index (κ3) is 7.90. The van der Waals surface area contributed by atoms with E-state index in [1.807, 2.05) is 61.5 Å². The third-order valence-electron chi connectivity index (χ3n) is 4.40. The highest BCUT2D eigenvalue weighted by Crippen LogP contribution is 2.15. The predicted molar refractivity (Wildman–Crippen MR) is 108 cm³/mol. The van der Waals surface area contributed by atoms with E-state index in [9.17, 15) is 9.59 Å². The number of hydroxylamine groups is 1. The second-order valence-corrected chi connectivity index (χ2v) is 6.77. The smallest absolute Gasteiger partial charge is 0.253 e. The van der Waals surface area contributed by atoms with E-state index in [2.05, 4.69) is 5.32 Å². The quantitative estimate of drug-likeness (QED) is 0.311. The summed E-state index contributed by atoms with van der Waals surface area (Å²) in [4.78, 5) is 23.7. The van der Waals surface area contributed by atoms with Gasteiger partial charge in [0.15, 0.2) is 0 Å². The molecule has 0 radical (unpaired) electrons. The molecule has 0 aliphatic carbocycles. The number of para-hydroxylation sites is 1. The summed E-state index contributed by atoms with van der Waals surface area (Å²) in [5, 5.41) is 11.4. The SMILES string of the molecule is Cc1ccc(COC(CCCCCC(=O)NO)C(=O)Nc2ccccc2)cc1. The second kappa shape index (κ2) is 11.9. The van der Waals surface area contributed by atoms with Gasteiger partial charge in [-0.1, -0.05) is 60.9 Å². The first-order chi connectivity index (χ1) is 13.6. The van der Waals surface area contributed by atoms with E-state index in [4.69, 9.17) is 9.94 Å². The lowest BCUT2D eigenvalue weighted by Crippen LogP contribution is -2.30. The normalized spacial score (nSPS) is 11.6. The van der Waals surface area contributed by atoms with E-state index < -0.39 is 12.0 Å². The van der Waals surface area contributed by atoms with Crippen LogP contribution in [0.3, 0.4) is 0 Å². The average Bonchev–Trinajstić information content (AvgIpc) is 2.71. The van der Waals surface area contributed by atoms with E-state index in [1.165, 1.54) is 5.56 Å². The zero-order chi connectivity index (χ0) is 20.2. The minimum atomic E-state index is -0.576. The fraction of sp³-hybridized carbons (Fsp3) is 0.364. The van der Waals surface area contributed by atoms with Gasteiger partial charge in [0.1, 0.15) is 6.10 Å². The van der Waals surface area contributed by atoms with Crippen LogP contribution >= 0.6 is 0 Å². The first-order valence-electron chi connectivity index (χ1n) is 9.54. The fourth-order valence-corrected chi connectivity index (χ4v) is 2.76. The number of benzene rings is 2. The molecule has 2 aromatic rings. The van der Waals surface area contributed by atoms with Gasteiger partial charge >= 0.3 is 0 Å². The van der Waals surface area contributed by atoms with Crippen molar-refractivity contribution in [1.82, 2.24) is 5.48 Å². The first kappa shape index (κ1) is 21.6. The highest BCUT2D eigenvalue weighted by atomic mass is 16.5. The molecule has 28 heavy (non-hydrogen) atoms. The maximum Gasteiger partial charge on any atom is 0.253 e. The molecule has 6 nitrogen and oxygen atoms in total. The molecular formula is C22H28N2O4. The molecule has 0 aliphatic heterocycles. The monoisotopic (exact) mass is 384 g/mol. The second-order valence-electron chi connectivity index (χ2n) is 6.77. The van der Waals surface area contributed by atoms with Crippen LogP contribution in [0.15, 0.2) is 54.6 Å². The first-order valence-corrected chi connectivity index (χ1v) is 9.54. The van der Waals surface area contributed by atoms with Crippen molar-refractivity contribution in [2.45, 2.75) is 51.7 Å². The minimum absolute atomic E-state index is 0.175. The van der Waals surface area contributed by atoms with Crippen molar-refractivity contribution in [2.24, 2.45) is 0 Å². The number of hydrogen-bond donors (Lipinski definition) is 3. The molecule has 0 aliphatic rings. The molecule has 0 aromatic heterocycles. The largest absolute Gasteiger partial charge is 0.364 e. The van der Waals surface area contributed by atoms with Crippen molar-refractivity contribution in [2.75, 3.05) is 5.32 Å². The lowest BCUT2D eigenvalue weighted by Gasteiger charge is -2.18. The van der Waals surface area contributed by atoms with E-state index in [1.54, 1.807) is 5.48 Å². The average molecular weight is 384 g/mol. The number of carbonyl (C=O) groups is 2. The summed E-state index contributed by atoms with van der Waals surface area (Å²) in [6, 6.07) is 17.3. The Balaban J connectivity index is 1.88. The maximum atomic E-state index is 12.7. The molecule has 3 N–H and O–H groups in total. The Bertz CT molecular complexity index is 732. The van der Waals surface area contributed by atoms with Gasteiger partial charge in [-0.3, -0.25) is 14.8 Å². The number of aryl methyl sites for hydroxylation is 1. The van der Waals surface area contributed by atoms with Gasteiger partial charge in [-0.05, 0) is 37.5 Å². The van der Waals surface area contributed by atoms with Crippen LogP contribution in [0, 0.1) is 6.92 Å². The number of nitrogens with one attached hydrogen (secondary N) is 2. The van der Waals surface area contributed by atoms with Crippen molar-refractivity contribution in [1.29, 1.82) is 0 Å². The van der Waals surface area contributed by atoms with Gasteiger partial charge in [-0.2, -0.15) is 0 Å². The van der Waals surface area contributed by atoms with Crippen LogP contribution in [0.4, 0.5) is 5.69 Å². The Kier molecular flexibility index (Phi) is 9.18. The molecule has 2 aromatic carbocycles. The van der Waals surface area contributed by atoms with Crippen LogP contribution in [0.25, 0.3) is 0 Å².